The third kappa shape index (κ3) is 8.37. The number of morpholine rings is 1. The molecule has 1 aliphatic rings. The van der Waals surface area contributed by atoms with E-state index in [9.17, 15) is 9.18 Å². The van der Waals surface area contributed by atoms with Gasteiger partial charge in [0.2, 0.25) is 5.91 Å². The molecule has 1 heterocycles. The van der Waals surface area contributed by atoms with Gasteiger partial charge < -0.3 is 20.1 Å². The Balaban J connectivity index is 0.00000364. The number of nitrogens with zero attached hydrogens (tertiary/aromatic N) is 1. The second kappa shape index (κ2) is 14.3. The monoisotopic (exact) mass is 459 g/mol. The SMILES string of the molecule is COCCNCC(=O)NCC(c1c(F)cccc1Cl)N1CCOC(C)C1.Cl.Cl. The predicted molar refractivity (Wildman–Crippen MR) is 113 cm³/mol. The Morgan fingerprint density at radius 2 is 2.21 bits per heavy atom. The lowest BCUT2D eigenvalue weighted by Crippen LogP contribution is -2.47. The molecule has 2 atom stereocenters. The number of amides is 1. The van der Waals surface area contributed by atoms with Crippen LogP contribution in [0.5, 0.6) is 0 Å². The van der Waals surface area contributed by atoms with Gasteiger partial charge in [-0.15, -0.1) is 24.8 Å². The highest BCUT2D eigenvalue weighted by molar-refractivity contribution is 6.31. The van der Waals surface area contributed by atoms with E-state index in [4.69, 9.17) is 21.1 Å². The van der Waals surface area contributed by atoms with Gasteiger partial charge in [-0.05, 0) is 19.1 Å². The summed E-state index contributed by atoms with van der Waals surface area (Å²) < 4.78 is 25.0. The molecule has 2 unspecified atom stereocenters. The highest BCUT2D eigenvalue weighted by atomic mass is 35.5. The Kier molecular flexibility index (Phi) is 14.0. The molecular weight excluding hydrogens is 432 g/mol. The number of ether oxygens (including phenoxy) is 2. The molecule has 2 N–H and O–H groups in total. The third-order valence-electron chi connectivity index (χ3n) is 4.31. The molecule has 1 fully saturated rings. The second-order valence-electron chi connectivity index (χ2n) is 6.30. The molecule has 162 valence electrons. The largest absolute Gasteiger partial charge is 0.383 e. The van der Waals surface area contributed by atoms with Crippen molar-refractivity contribution < 1.29 is 18.7 Å². The summed E-state index contributed by atoms with van der Waals surface area (Å²) in [5.41, 5.74) is 0.413. The fourth-order valence-corrected chi connectivity index (χ4v) is 3.31. The van der Waals surface area contributed by atoms with Crippen LogP contribution in [0.4, 0.5) is 4.39 Å². The molecule has 0 aliphatic carbocycles. The molecule has 1 aliphatic heterocycles. The zero-order chi connectivity index (χ0) is 18.9. The van der Waals surface area contributed by atoms with E-state index in [2.05, 4.69) is 15.5 Å². The van der Waals surface area contributed by atoms with Crippen molar-refractivity contribution in [2.45, 2.75) is 19.1 Å². The Labute approximate surface area is 183 Å². The van der Waals surface area contributed by atoms with Gasteiger partial charge in [-0.25, -0.2) is 4.39 Å². The van der Waals surface area contributed by atoms with Crippen LogP contribution in [-0.2, 0) is 14.3 Å². The Morgan fingerprint density at radius 3 is 2.86 bits per heavy atom. The summed E-state index contributed by atoms with van der Waals surface area (Å²) in [6.07, 6.45) is 0.0446. The lowest BCUT2D eigenvalue weighted by atomic mass is 10.0. The maximum Gasteiger partial charge on any atom is 0.234 e. The first kappa shape index (κ1) is 27.3. The number of halogens is 4. The quantitative estimate of drug-likeness (QED) is 0.554. The van der Waals surface area contributed by atoms with Crippen LogP contribution in [-0.4, -0.2) is 70.0 Å². The molecule has 0 spiro atoms. The van der Waals surface area contributed by atoms with Crippen LogP contribution in [0.2, 0.25) is 5.02 Å². The van der Waals surface area contributed by atoms with Gasteiger partial charge in [0.05, 0.1) is 31.9 Å². The van der Waals surface area contributed by atoms with E-state index in [1.165, 1.54) is 6.07 Å². The molecule has 0 saturated carbocycles. The number of hydrogen-bond acceptors (Lipinski definition) is 5. The number of benzene rings is 1. The van der Waals surface area contributed by atoms with Gasteiger partial charge in [0.25, 0.3) is 0 Å². The maximum atomic E-state index is 14.5. The van der Waals surface area contributed by atoms with Crippen LogP contribution in [0.15, 0.2) is 18.2 Å². The highest BCUT2D eigenvalue weighted by Crippen LogP contribution is 2.30. The van der Waals surface area contributed by atoms with Crippen molar-refractivity contribution in [3.05, 3.63) is 34.6 Å². The minimum Gasteiger partial charge on any atom is -0.383 e. The molecule has 1 aromatic carbocycles. The minimum atomic E-state index is -0.367. The van der Waals surface area contributed by atoms with Crippen molar-refractivity contribution >= 4 is 42.3 Å². The first-order valence-corrected chi connectivity index (χ1v) is 9.16. The second-order valence-corrected chi connectivity index (χ2v) is 6.71. The highest BCUT2D eigenvalue weighted by Gasteiger charge is 2.29. The Bertz CT molecular complexity index is 578. The van der Waals surface area contributed by atoms with E-state index >= 15 is 0 Å². The van der Waals surface area contributed by atoms with Crippen LogP contribution >= 0.6 is 36.4 Å². The first-order chi connectivity index (χ1) is 12.5. The summed E-state index contributed by atoms with van der Waals surface area (Å²) in [6, 6.07) is 4.30. The average molecular weight is 461 g/mol. The molecule has 1 aromatic rings. The molecule has 0 aromatic heterocycles. The van der Waals surface area contributed by atoms with E-state index in [0.717, 1.165) is 0 Å². The molecule has 28 heavy (non-hydrogen) atoms. The van der Waals surface area contributed by atoms with E-state index in [1.54, 1.807) is 19.2 Å². The lowest BCUT2D eigenvalue weighted by molar-refractivity contribution is -0.120. The van der Waals surface area contributed by atoms with Crippen molar-refractivity contribution in [1.29, 1.82) is 0 Å². The molecule has 2 rings (SSSR count). The van der Waals surface area contributed by atoms with Crippen molar-refractivity contribution in [1.82, 2.24) is 15.5 Å². The molecule has 0 bridgehead atoms. The summed E-state index contributed by atoms with van der Waals surface area (Å²) >= 11 is 6.28. The van der Waals surface area contributed by atoms with Gasteiger partial charge in [-0.3, -0.25) is 9.69 Å². The number of rotatable bonds is 9. The maximum absolute atomic E-state index is 14.5. The third-order valence-corrected chi connectivity index (χ3v) is 4.64. The zero-order valence-corrected chi connectivity index (χ0v) is 18.5. The van der Waals surface area contributed by atoms with Crippen molar-refractivity contribution in [2.24, 2.45) is 0 Å². The Hall–Kier alpha value is -0.670. The molecule has 10 heteroatoms. The molecule has 1 saturated heterocycles. The van der Waals surface area contributed by atoms with Crippen LogP contribution in [0.3, 0.4) is 0 Å². The minimum absolute atomic E-state index is 0. The van der Waals surface area contributed by atoms with Gasteiger partial charge in [-0.1, -0.05) is 17.7 Å². The number of hydrogen-bond donors (Lipinski definition) is 2. The van der Waals surface area contributed by atoms with E-state index in [1.807, 2.05) is 6.92 Å². The van der Waals surface area contributed by atoms with Crippen LogP contribution in [0.25, 0.3) is 0 Å². The average Bonchev–Trinajstić information content (AvgIpc) is 2.61. The van der Waals surface area contributed by atoms with E-state index in [-0.39, 0.29) is 61.8 Å². The van der Waals surface area contributed by atoms with Gasteiger partial charge >= 0.3 is 0 Å². The van der Waals surface area contributed by atoms with Crippen LogP contribution < -0.4 is 10.6 Å². The Morgan fingerprint density at radius 1 is 1.46 bits per heavy atom. The first-order valence-electron chi connectivity index (χ1n) is 8.78. The van der Waals surface area contributed by atoms with E-state index < -0.39 is 0 Å². The number of nitrogens with one attached hydrogen (secondary N) is 2. The number of carbonyl (C=O) groups excluding carboxylic acids is 1. The van der Waals surface area contributed by atoms with Crippen molar-refractivity contribution in [3.8, 4) is 0 Å². The molecule has 1 amide bonds. The number of carbonyl (C=O) groups is 1. The lowest BCUT2D eigenvalue weighted by Gasteiger charge is -2.38. The van der Waals surface area contributed by atoms with Crippen LogP contribution in [0, 0.1) is 5.82 Å². The van der Waals surface area contributed by atoms with Gasteiger partial charge in [0.1, 0.15) is 5.82 Å². The number of methoxy groups -OCH3 is 1. The van der Waals surface area contributed by atoms with Gasteiger partial charge in [-0.2, -0.15) is 0 Å². The fraction of sp³-hybridized carbons (Fsp3) is 0.611. The molecular formula is C18H29Cl3FN3O3. The van der Waals surface area contributed by atoms with Crippen molar-refractivity contribution in [3.63, 3.8) is 0 Å². The summed E-state index contributed by atoms with van der Waals surface area (Å²) in [5, 5.41) is 6.23. The summed E-state index contributed by atoms with van der Waals surface area (Å²) in [4.78, 5) is 14.2. The smallest absolute Gasteiger partial charge is 0.234 e. The summed E-state index contributed by atoms with van der Waals surface area (Å²) in [7, 11) is 1.60. The molecule has 6 nitrogen and oxygen atoms in total. The zero-order valence-electron chi connectivity index (χ0n) is 16.1. The van der Waals surface area contributed by atoms with Crippen molar-refractivity contribution in [2.75, 3.05) is 53.0 Å². The predicted octanol–water partition coefficient (Wildman–Crippen LogP) is 2.44. The fourth-order valence-electron chi connectivity index (χ4n) is 3.02. The summed E-state index contributed by atoms with van der Waals surface area (Å²) in [5.74, 6) is -0.519. The van der Waals surface area contributed by atoms with E-state index in [0.29, 0.717) is 43.4 Å². The molecule has 0 radical (unpaired) electrons. The summed E-state index contributed by atoms with van der Waals surface area (Å²) in [6.45, 7) is 5.43. The topological polar surface area (TPSA) is 62.8 Å². The standard InChI is InChI=1S/C18H27ClFN3O3.2ClH/c1-13-12-23(7-9-26-13)16(18-14(19)4-3-5-15(18)20)10-22-17(24)11-21-6-8-25-2;;/h3-5,13,16,21H,6-12H2,1-2H3,(H,22,24);2*1H. The van der Waals surface area contributed by atoms with Gasteiger partial charge in [0, 0.05) is 43.9 Å². The normalized spacial score (nSPS) is 17.9. The van der Waals surface area contributed by atoms with Crippen LogP contribution in [0.1, 0.15) is 18.5 Å². The van der Waals surface area contributed by atoms with Gasteiger partial charge in [0.15, 0.2) is 0 Å².